The quantitative estimate of drug-likeness (QED) is 0.443. The van der Waals surface area contributed by atoms with Crippen molar-refractivity contribution in [2.24, 2.45) is 0 Å². The minimum atomic E-state index is -0.492. The third-order valence-electron chi connectivity index (χ3n) is 3.12. The van der Waals surface area contributed by atoms with Gasteiger partial charge in [-0.25, -0.2) is 0 Å². The highest BCUT2D eigenvalue weighted by atomic mass is 16.3. The Morgan fingerprint density at radius 1 is 1.22 bits per heavy atom. The van der Waals surface area contributed by atoms with E-state index in [1.165, 1.54) is 24.3 Å². The molecule has 23 heavy (non-hydrogen) atoms. The predicted octanol–water partition coefficient (Wildman–Crippen LogP) is 1.76. The highest BCUT2D eigenvalue weighted by Gasteiger charge is 2.09. The molecule has 0 unspecified atom stereocenters. The monoisotopic (exact) mass is 309 g/mol. The molecule has 0 spiro atoms. The molecule has 1 aromatic carbocycles. The lowest BCUT2D eigenvalue weighted by molar-refractivity contribution is -0.117. The molecule has 1 amide bonds. The second kappa shape index (κ2) is 7.61. The zero-order chi connectivity index (χ0) is 16.7. The average molecular weight is 309 g/mol. The van der Waals surface area contributed by atoms with Crippen molar-refractivity contribution in [3.63, 3.8) is 0 Å². The number of amides is 1. The van der Waals surface area contributed by atoms with E-state index in [0.717, 1.165) is 5.56 Å². The van der Waals surface area contributed by atoms with Crippen molar-refractivity contribution in [3.05, 3.63) is 59.4 Å². The van der Waals surface area contributed by atoms with Crippen LogP contribution in [0.5, 0.6) is 11.5 Å². The van der Waals surface area contributed by atoms with E-state index in [-0.39, 0.29) is 17.1 Å². The molecule has 3 N–H and O–H groups in total. The van der Waals surface area contributed by atoms with Gasteiger partial charge in [-0.1, -0.05) is 6.07 Å². The lowest BCUT2D eigenvalue weighted by Gasteiger charge is -2.05. The van der Waals surface area contributed by atoms with Crippen LogP contribution in [0.3, 0.4) is 0 Å². The van der Waals surface area contributed by atoms with Crippen molar-refractivity contribution in [2.75, 3.05) is 6.54 Å². The van der Waals surface area contributed by atoms with Crippen molar-refractivity contribution in [3.8, 4) is 17.6 Å². The standard InChI is InChI=1S/C17H15N3O3/c18-11-14(9-13-1-2-15(21)16(22)10-13)17(23)20-8-5-12-3-6-19-7-4-12/h1-4,6-7,9-10,21-22H,5,8H2,(H,20,23)/b14-9+. The second-order valence-electron chi connectivity index (χ2n) is 4.78. The molecular weight excluding hydrogens is 294 g/mol. The number of hydrogen-bond donors (Lipinski definition) is 3. The van der Waals surface area contributed by atoms with E-state index < -0.39 is 5.91 Å². The summed E-state index contributed by atoms with van der Waals surface area (Å²) in [4.78, 5) is 15.9. The molecule has 2 rings (SSSR count). The molecule has 6 nitrogen and oxygen atoms in total. The number of rotatable bonds is 5. The van der Waals surface area contributed by atoms with E-state index in [1.54, 1.807) is 12.4 Å². The number of aromatic nitrogens is 1. The number of nitriles is 1. The number of nitrogens with zero attached hydrogens (tertiary/aromatic N) is 2. The van der Waals surface area contributed by atoms with Gasteiger partial charge in [-0.3, -0.25) is 9.78 Å². The first-order chi connectivity index (χ1) is 11.1. The fourth-order valence-electron chi connectivity index (χ4n) is 1.91. The number of nitrogens with one attached hydrogen (secondary N) is 1. The van der Waals surface area contributed by atoms with E-state index in [2.05, 4.69) is 10.3 Å². The number of pyridine rings is 1. The second-order valence-corrected chi connectivity index (χ2v) is 4.78. The van der Waals surface area contributed by atoms with Crippen LogP contribution in [0.15, 0.2) is 48.3 Å². The van der Waals surface area contributed by atoms with Gasteiger partial charge in [-0.05, 0) is 47.9 Å². The molecule has 0 aliphatic carbocycles. The number of carbonyl (C=O) groups is 1. The van der Waals surface area contributed by atoms with Crippen LogP contribution in [0, 0.1) is 11.3 Å². The molecule has 1 heterocycles. The molecule has 0 aliphatic rings. The Hall–Kier alpha value is -3.33. The van der Waals surface area contributed by atoms with Gasteiger partial charge >= 0.3 is 0 Å². The number of carbonyl (C=O) groups excluding carboxylic acids is 1. The molecule has 6 heteroatoms. The van der Waals surface area contributed by atoms with Gasteiger partial charge in [0.2, 0.25) is 0 Å². The molecule has 2 aromatic rings. The highest BCUT2D eigenvalue weighted by molar-refractivity contribution is 6.01. The van der Waals surface area contributed by atoms with Crippen LogP contribution < -0.4 is 5.32 Å². The molecule has 0 fully saturated rings. The number of hydrogen-bond acceptors (Lipinski definition) is 5. The maximum absolute atomic E-state index is 12.0. The van der Waals surface area contributed by atoms with Crippen LogP contribution in [0.4, 0.5) is 0 Å². The van der Waals surface area contributed by atoms with Gasteiger partial charge in [0.05, 0.1) is 0 Å². The first-order valence-electron chi connectivity index (χ1n) is 6.91. The molecule has 0 saturated carbocycles. The molecule has 0 radical (unpaired) electrons. The van der Waals surface area contributed by atoms with E-state index >= 15 is 0 Å². The lowest BCUT2D eigenvalue weighted by atomic mass is 10.1. The summed E-state index contributed by atoms with van der Waals surface area (Å²) in [5.74, 6) is -1.06. The maximum Gasteiger partial charge on any atom is 0.261 e. The zero-order valence-corrected chi connectivity index (χ0v) is 12.2. The van der Waals surface area contributed by atoms with Gasteiger partial charge in [0, 0.05) is 18.9 Å². The molecule has 1 aromatic heterocycles. The fraction of sp³-hybridized carbons (Fsp3) is 0.118. The first kappa shape index (κ1) is 16.0. The molecule has 0 atom stereocenters. The molecular formula is C17H15N3O3. The molecule has 0 saturated heterocycles. The normalized spacial score (nSPS) is 10.8. The van der Waals surface area contributed by atoms with Crippen molar-refractivity contribution < 1.29 is 15.0 Å². The fourth-order valence-corrected chi connectivity index (χ4v) is 1.91. The SMILES string of the molecule is N#C/C(=C\c1ccc(O)c(O)c1)C(=O)NCCc1ccncc1. The van der Waals surface area contributed by atoms with E-state index in [1.807, 2.05) is 18.2 Å². The van der Waals surface area contributed by atoms with E-state index in [4.69, 9.17) is 5.26 Å². The predicted molar refractivity (Wildman–Crippen MR) is 84.3 cm³/mol. The van der Waals surface area contributed by atoms with Crippen molar-refractivity contribution >= 4 is 12.0 Å². The third kappa shape index (κ3) is 4.58. The Morgan fingerprint density at radius 2 is 1.96 bits per heavy atom. The summed E-state index contributed by atoms with van der Waals surface area (Å²) in [5.41, 5.74) is 1.40. The average Bonchev–Trinajstić information content (AvgIpc) is 2.56. The maximum atomic E-state index is 12.0. The summed E-state index contributed by atoms with van der Waals surface area (Å²) >= 11 is 0. The largest absolute Gasteiger partial charge is 0.504 e. The van der Waals surface area contributed by atoms with Gasteiger partial charge in [-0.15, -0.1) is 0 Å². The number of phenolic OH excluding ortho intramolecular Hbond substituents is 2. The number of benzene rings is 1. The van der Waals surface area contributed by atoms with Gasteiger partial charge in [0.25, 0.3) is 5.91 Å². The Balaban J connectivity index is 1.99. The topological polar surface area (TPSA) is 106 Å². The van der Waals surface area contributed by atoms with Crippen molar-refractivity contribution in [2.45, 2.75) is 6.42 Å². The summed E-state index contributed by atoms with van der Waals surface area (Å²) in [7, 11) is 0. The molecule has 0 aliphatic heterocycles. The van der Waals surface area contributed by atoms with Gasteiger partial charge in [-0.2, -0.15) is 5.26 Å². The highest BCUT2D eigenvalue weighted by Crippen LogP contribution is 2.25. The van der Waals surface area contributed by atoms with E-state index in [0.29, 0.717) is 18.5 Å². The minimum Gasteiger partial charge on any atom is -0.504 e. The molecule has 116 valence electrons. The zero-order valence-electron chi connectivity index (χ0n) is 12.2. The van der Waals surface area contributed by atoms with Gasteiger partial charge < -0.3 is 15.5 Å². The van der Waals surface area contributed by atoms with Crippen LogP contribution in [-0.2, 0) is 11.2 Å². The summed E-state index contributed by atoms with van der Waals surface area (Å²) in [6.07, 6.45) is 5.33. The lowest BCUT2D eigenvalue weighted by Crippen LogP contribution is -2.26. The number of aromatic hydroxyl groups is 2. The van der Waals surface area contributed by atoms with Crippen LogP contribution in [-0.4, -0.2) is 27.6 Å². The van der Waals surface area contributed by atoms with Crippen LogP contribution in [0.2, 0.25) is 0 Å². The smallest absolute Gasteiger partial charge is 0.261 e. The van der Waals surface area contributed by atoms with Crippen LogP contribution in [0.1, 0.15) is 11.1 Å². The van der Waals surface area contributed by atoms with Gasteiger partial charge in [0.15, 0.2) is 11.5 Å². The summed E-state index contributed by atoms with van der Waals surface area (Å²) in [6.45, 7) is 0.392. The summed E-state index contributed by atoms with van der Waals surface area (Å²) in [5, 5.41) is 30.4. The Bertz CT molecular complexity index is 764. The summed E-state index contributed by atoms with van der Waals surface area (Å²) < 4.78 is 0. The Labute approximate surface area is 133 Å². The minimum absolute atomic E-state index is 0.0789. The molecule has 0 bridgehead atoms. The summed E-state index contributed by atoms with van der Waals surface area (Å²) in [6, 6.07) is 9.60. The van der Waals surface area contributed by atoms with Crippen molar-refractivity contribution in [1.82, 2.24) is 10.3 Å². The van der Waals surface area contributed by atoms with Crippen LogP contribution in [0.25, 0.3) is 6.08 Å². The van der Waals surface area contributed by atoms with E-state index in [9.17, 15) is 15.0 Å². The Kier molecular flexibility index (Phi) is 5.31. The van der Waals surface area contributed by atoms with Gasteiger partial charge in [0.1, 0.15) is 11.6 Å². The third-order valence-corrected chi connectivity index (χ3v) is 3.12. The van der Waals surface area contributed by atoms with Crippen molar-refractivity contribution in [1.29, 1.82) is 5.26 Å². The Morgan fingerprint density at radius 3 is 2.61 bits per heavy atom. The number of phenols is 2. The van der Waals surface area contributed by atoms with Crippen LogP contribution >= 0.6 is 0 Å². The first-order valence-corrected chi connectivity index (χ1v) is 6.91.